The minimum atomic E-state index is -1.08. The molecule has 0 fully saturated rings. The van der Waals surface area contributed by atoms with Crippen LogP contribution in [0, 0.1) is 19.3 Å². The summed E-state index contributed by atoms with van der Waals surface area (Å²) in [5.41, 5.74) is 0.451. The van der Waals surface area contributed by atoms with E-state index >= 15 is 0 Å². The standard InChI is InChI=1S/C19H20N2O3S/c1-11-12(2)25-16-14(11)17(22)21(10-19(3,4)18(23)24)15(20-16)13-8-6-5-7-9-13/h5-9H,10H2,1-4H3,(H,23,24). The molecule has 2 heterocycles. The topological polar surface area (TPSA) is 72.2 Å². The van der Waals surface area contributed by atoms with Crippen LogP contribution in [0.2, 0.25) is 0 Å². The summed E-state index contributed by atoms with van der Waals surface area (Å²) in [6.45, 7) is 7.17. The smallest absolute Gasteiger partial charge is 0.310 e. The van der Waals surface area contributed by atoms with Gasteiger partial charge < -0.3 is 5.11 Å². The number of carboxylic acid groups (broad SMARTS) is 1. The second-order valence-electron chi connectivity index (χ2n) is 6.85. The molecule has 0 bridgehead atoms. The first-order chi connectivity index (χ1) is 11.7. The van der Waals surface area contributed by atoms with Gasteiger partial charge >= 0.3 is 5.97 Å². The van der Waals surface area contributed by atoms with Gasteiger partial charge in [-0.25, -0.2) is 4.98 Å². The van der Waals surface area contributed by atoms with Gasteiger partial charge in [-0.1, -0.05) is 30.3 Å². The predicted molar refractivity (Wildman–Crippen MR) is 100 cm³/mol. The van der Waals surface area contributed by atoms with E-state index in [1.54, 1.807) is 13.8 Å². The summed E-state index contributed by atoms with van der Waals surface area (Å²) in [6.07, 6.45) is 0. The highest BCUT2D eigenvalue weighted by atomic mass is 32.1. The molecule has 0 saturated heterocycles. The zero-order valence-electron chi connectivity index (χ0n) is 14.7. The number of fused-ring (bicyclic) bond motifs is 1. The predicted octanol–water partition coefficient (Wildman–Crippen LogP) is 3.85. The van der Waals surface area contributed by atoms with Crippen LogP contribution in [0.25, 0.3) is 21.6 Å². The van der Waals surface area contributed by atoms with E-state index < -0.39 is 11.4 Å². The number of hydrogen-bond acceptors (Lipinski definition) is 4. The lowest BCUT2D eigenvalue weighted by molar-refractivity contribution is -0.147. The molecule has 0 aliphatic rings. The van der Waals surface area contributed by atoms with Crippen molar-refractivity contribution in [2.24, 2.45) is 5.41 Å². The Kier molecular flexibility index (Phi) is 4.24. The Balaban J connectivity index is 2.35. The van der Waals surface area contributed by atoms with Crippen LogP contribution in [0.4, 0.5) is 0 Å². The van der Waals surface area contributed by atoms with Crippen molar-refractivity contribution in [3.63, 3.8) is 0 Å². The second kappa shape index (κ2) is 6.11. The fraction of sp³-hybridized carbons (Fsp3) is 0.316. The second-order valence-corrected chi connectivity index (χ2v) is 8.05. The van der Waals surface area contributed by atoms with Crippen molar-refractivity contribution < 1.29 is 9.90 Å². The molecule has 2 aromatic heterocycles. The molecule has 0 aliphatic carbocycles. The number of aromatic nitrogens is 2. The van der Waals surface area contributed by atoms with Gasteiger partial charge in [-0.3, -0.25) is 14.2 Å². The number of aliphatic carboxylic acids is 1. The number of thiophene rings is 1. The third-order valence-corrected chi connectivity index (χ3v) is 5.55. The first kappa shape index (κ1) is 17.4. The summed E-state index contributed by atoms with van der Waals surface area (Å²) in [5.74, 6) is -0.439. The van der Waals surface area contributed by atoms with E-state index in [1.165, 1.54) is 15.9 Å². The molecule has 3 aromatic rings. The number of carbonyl (C=O) groups is 1. The van der Waals surface area contributed by atoms with Crippen LogP contribution in [-0.4, -0.2) is 20.6 Å². The Labute approximate surface area is 149 Å². The summed E-state index contributed by atoms with van der Waals surface area (Å²) in [5, 5.41) is 10.1. The maximum Gasteiger partial charge on any atom is 0.310 e. The Bertz CT molecular complexity index is 1020. The van der Waals surface area contributed by atoms with Gasteiger partial charge in [-0.15, -0.1) is 11.3 Å². The average Bonchev–Trinajstić information content (AvgIpc) is 2.85. The van der Waals surface area contributed by atoms with Crippen molar-refractivity contribution in [2.75, 3.05) is 0 Å². The van der Waals surface area contributed by atoms with Crippen LogP contribution in [0.5, 0.6) is 0 Å². The fourth-order valence-corrected chi connectivity index (χ4v) is 3.76. The van der Waals surface area contributed by atoms with E-state index in [9.17, 15) is 14.7 Å². The highest BCUT2D eigenvalue weighted by Gasteiger charge is 2.30. The number of nitrogens with zero attached hydrogens (tertiary/aromatic N) is 2. The molecule has 0 atom stereocenters. The minimum absolute atomic E-state index is 0.0582. The Morgan fingerprint density at radius 3 is 2.48 bits per heavy atom. The molecule has 3 rings (SSSR count). The molecule has 6 heteroatoms. The monoisotopic (exact) mass is 356 g/mol. The molecule has 5 nitrogen and oxygen atoms in total. The van der Waals surface area contributed by atoms with Crippen LogP contribution >= 0.6 is 11.3 Å². The summed E-state index contributed by atoms with van der Waals surface area (Å²) in [6, 6.07) is 9.41. The van der Waals surface area contributed by atoms with Crippen molar-refractivity contribution in [2.45, 2.75) is 34.2 Å². The average molecular weight is 356 g/mol. The highest BCUT2D eigenvalue weighted by Crippen LogP contribution is 2.30. The van der Waals surface area contributed by atoms with Gasteiger partial charge in [-0.2, -0.15) is 0 Å². The van der Waals surface area contributed by atoms with E-state index in [2.05, 4.69) is 0 Å². The first-order valence-electron chi connectivity index (χ1n) is 8.01. The Hall–Kier alpha value is -2.47. The summed E-state index contributed by atoms with van der Waals surface area (Å²) >= 11 is 1.49. The van der Waals surface area contributed by atoms with E-state index in [0.29, 0.717) is 16.0 Å². The van der Waals surface area contributed by atoms with Crippen molar-refractivity contribution in [3.05, 3.63) is 51.1 Å². The number of benzene rings is 1. The SMILES string of the molecule is Cc1sc2nc(-c3ccccc3)n(CC(C)(C)C(=O)O)c(=O)c2c1C. The molecule has 0 spiro atoms. The summed E-state index contributed by atoms with van der Waals surface area (Å²) in [4.78, 5) is 31.2. The molecule has 0 amide bonds. The number of aryl methyl sites for hydroxylation is 2. The van der Waals surface area contributed by atoms with Gasteiger partial charge in [-0.05, 0) is 33.3 Å². The molecule has 1 N–H and O–H groups in total. The maximum atomic E-state index is 13.2. The lowest BCUT2D eigenvalue weighted by atomic mass is 9.93. The van der Waals surface area contributed by atoms with E-state index in [4.69, 9.17) is 4.98 Å². The lowest BCUT2D eigenvalue weighted by Crippen LogP contribution is -2.35. The van der Waals surface area contributed by atoms with Crippen LogP contribution < -0.4 is 5.56 Å². The van der Waals surface area contributed by atoms with E-state index in [1.807, 2.05) is 44.2 Å². The van der Waals surface area contributed by atoms with Gasteiger partial charge in [0, 0.05) is 17.0 Å². The van der Waals surface area contributed by atoms with Gasteiger partial charge in [0.25, 0.3) is 5.56 Å². The van der Waals surface area contributed by atoms with Crippen LogP contribution in [0.3, 0.4) is 0 Å². The molecule has 0 radical (unpaired) electrons. The molecule has 130 valence electrons. The molecular weight excluding hydrogens is 336 g/mol. The Morgan fingerprint density at radius 2 is 1.88 bits per heavy atom. The third kappa shape index (κ3) is 2.98. The molecule has 0 saturated carbocycles. The summed E-state index contributed by atoms with van der Waals surface area (Å²) in [7, 11) is 0. The van der Waals surface area contributed by atoms with Gasteiger partial charge in [0.05, 0.1) is 10.8 Å². The molecule has 25 heavy (non-hydrogen) atoms. The summed E-state index contributed by atoms with van der Waals surface area (Å²) < 4.78 is 1.50. The number of hydrogen-bond donors (Lipinski definition) is 1. The first-order valence-corrected chi connectivity index (χ1v) is 8.83. The highest BCUT2D eigenvalue weighted by molar-refractivity contribution is 7.18. The quantitative estimate of drug-likeness (QED) is 0.771. The minimum Gasteiger partial charge on any atom is -0.481 e. The van der Waals surface area contributed by atoms with Crippen LogP contribution in [-0.2, 0) is 11.3 Å². The van der Waals surface area contributed by atoms with Crippen molar-refractivity contribution in [1.29, 1.82) is 0 Å². The normalized spacial score (nSPS) is 11.8. The van der Waals surface area contributed by atoms with Crippen molar-refractivity contribution in [3.8, 4) is 11.4 Å². The van der Waals surface area contributed by atoms with Gasteiger partial charge in [0.2, 0.25) is 0 Å². The molecular formula is C19H20N2O3S. The fourth-order valence-electron chi connectivity index (χ4n) is 2.74. The zero-order valence-corrected chi connectivity index (χ0v) is 15.5. The lowest BCUT2D eigenvalue weighted by Gasteiger charge is -2.22. The van der Waals surface area contributed by atoms with Gasteiger partial charge in [0.15, 0.2) is 0 Å². The molecule has 1 aromatic carbocycles. The molecule has 0 aliphatic heterocycles. The van der Waals surface area contributed by atoms with Crippen LogP contribution in [0.1, 0.15) is 24.3 Å². The van der Waals surface area contributed by atoms with Crippen molar-refractivity contribution in [1.82, 2.24) is 9.55 Å². The zero-order chi connectivity index (χ0) is 18.4. The van der Waals surface area contributed by atoms with Gasteiger partial charge in [0.1, 0.15) is 10.7 Å². The van der Waals surface area contributed by atoms with Crippen molar-refractivity contribution >= 4 is 27.5 Å². The van der Waals surface area contributed by atoms with E-state index in [-0.39, 0.29) is 12.1 Å². The number of carboxylic acids is 1. The third-order valence-electron chi connectivity index (χ3n) is 4.45. The largest absolute Gasteiger partial charge is 0.481 e. The Morgan fingerprint density at radius 1 is 1.24 bits per heavy atom. The number of rotatable bonds is 4. The van der Waals surface area contributed by atoms with Crippen LogP contribution in [0.15, 0.2) is 35.1 Å². The molecule has 0 unspecified atom stereocenters. The van der Waals surface area contributed by atoms with E-state index in [0.717, 1.165) is 16.0 Å². The maximum absolute atomic E-state index is 13.2.